The number of aromatic nitrogens is 2. The molecule has 0 unspecified atom stereocenters. The summed E-state index contributed by atoms with van der Waals surface area (Å²) >= 11 is 3.30. The third-order valence-corrected chi connectivity index (χ3v) is 3.41. The third kappa shape index (κ3) is 1.84. The normalized spacial score (nSPS) is 10.7. The van der Waals surface area contributed by atoms with Crippen molar-refractivity contribution in [3.05, 3.63) is 53.1 Å². The van der Waals surface area contributed by atoms with Crippen LogP contribution in [0.4, 0.5) is 5.82 Å². The van der Waals surface area contributed by atoms with E-state index in [0.29, 0.717) is 16.1 Å². The molecule has 88 valence electrons. The molecule has 0 saturated heterocycles. The highest BCUT2D eigenvalue weighted by molar-refractivity contribution is 9.10. The Bertz CT molecular complexity index is 720. The van der Waals surface area contributed by atoms with E-state index in [0.717, 1.165) is 10.9 Å². The standard InChI is InChI=1S/C14H10BrN3/c15-12-8-17-14(18-13(12)16)11-7-3-5-9-4-1-2-6-10(9)11/h1-8H,(H2,16,17,18). The van der Waals surface area contributed by atoms with Gasteiger partial charge in [0.15, 0.2) is 5.82 Å². The molecular weight excluding hydrogens is 290 g/mol. The summed E-state index contributed by atoms with van der Waals surface area (Å²) in [6.45, 7) is 0. The molecule has 0 aliphatic rings. The van der Waals surface area contributed by atoms with Gasteiger partial charge in [-0.3, -0.25) is 0 Å². The van der Waals surface area contributed by atoms with Gasteiger partial charge < -0.3 is 5.73 Å². The highest BCUT2D eigenvalue weighted by atomic mass is 79.9. The van der Waals surface area contributed by atoms with Gasteiger partial charge in [-0.05, 0) is 26.7 Å². The van der Waals surface area contributed by atoms with E-state index >= 15 is 0 Å². The van der Waals surface area contributed by atoms with Gasteiger partial charge in [0.1, 0.15) is 5.82 Å². The highest BCUT2D eigenvalue weighted by Crippen LogP contribution is 2.27. The average Bonchev–Trinajstić information content (AvgIpc) is 2.41. The van der Waals surface area contributed by atoms with Crippen LogP contribution in [0, 0.1) is 0 Å². The Morgan fingerprint density at radius 2 is 1.78 bits per heavy atom. The molecule has 1 aromatic heterocycles. The molecule has 3 aromatic rings. The van der Waals surface area contributed by atoms with Crippen LogP contribution < -0.4 is 5.73 Å². The maximum atomic E-state index is 5.80. The van der Waals surface area contributed by atoms with E-state index in [1.807, 2.05) is 24.3 Å². The zero-order chi connectivity index (χ0) is 12.5. The predicted octanol–water partition coefficient (Wildman–Crippen LogP) is 3.64. The van der Waals surface area contributed by atoms with E-state index in [9.17, 15) is 0 Å². The monoisotopic (exact) mass is 299 g/mol. The summed E-state index contributed by atoms with van der Waals surface area (Å²) in [5.74, 6) is 1.10. The number of nitrogens with zero attached hydrogens (tertiary/aromatic N) is 2. The number of halogens is 1. The Morgan fingerprint density at radius 3 is 2.61 bits per heavy atom. The van der Waals surface area contributed by atoms with Crippen molar-refractivity contribution in [2.75, 3.05) is 5.73 Å². The van der Waals surface area contributed by atoms with Gasteiger partial charge in [0.05, 0.1) is 4.47 Å². The fraction of sp³-hybridized carbons (Fsp3) is 0. The minimum absolute atomic E-state index is 0.452. The summed E-state index contributed by atoms with van der Waals surface area (Å²) in [6.07, 6.45) is 1.68. The number of rotatable bonds is 1. The van der Waals surface area contributed by atoms with Crippen LogP contribution >= 0.6 is 15.9 Å². The molecule has 0 bridgehead atoms. The molecule has 0 amide bonds. The summed E-state index contributed by atoms with van der Waals surface area (Å²) in [4.78, 5) is 8.63. The Balaban J connectivity index is 2.28. The largest absolute Gasteiger partial charge is 0.383 e. The lowest BCUT2D eigenvalue weighted by molar-refractivity contribution is 1.17. The first-order chi connectivity index (χ1) is 8.75. The minimum Gasteiger partial charge on any atom is -0.383 e. The molecule has 3 nitrogen and oxygen atoms in total. The Labute approximate surface area is 113 Å². The number of fused-ring (bicyclic) bond motifs is 1. The summed E-state index contributed by atoms with van der Waals surface area (Å²) < 4.78 is 0.714. The van der Waals surface area contributed by atoms with Gasteiger partial charge in [-0.1, -0.05) is 42.5 Å². The SMILES string of the molecule is Nc1nc(-c2cccc3ccccc23)ncc1Br. The van der Waals surface area contributed by atoms with Crippen molar-refractivity contribution in [3.63, 3.8) is 0 Å². The zero-order valence-corrected chi connectivity index (χ0v) is 11.1. The maximum absolute atomic E-state index is 5.80. The quantitative estimate of drug-likeness (QED) is 0.746. The number of nitrogen functional groups attached to an aromatic ring is 1. The lowest BCUT2D eigenvalue weighted by atomic mass is 10.0. The second-order valence-electron chi connectivity index (χ2n) is 3.95. The molecule has 4 heteroatoms. The molecule has 0 spiro atoms. The predicted molar refractivity (Wildman–Crippen MR) is 77.1 cm³/mol. The number of benzene rings is 2. The van der Waals surface area contributed by atoms with Crippen LogP contribution in [0.5, 0.6) is 0 Å². The second kappa shape index (κ2) is 4.38. The molecule has 2 N–H and O–H groups in total. The second-order valence-corrected chi connectivity index (χ2v) is 4.81. The molecule has 0 radical (unpaired) electrons. The first-order valence-corrected chi connectivity index (χ1v) is 6.31. The molecule has 0 aliphatic heterocycles. The number of nitrogens with two attached hydrogens (primary N) is 1. The van der Waals surface area contributed by atoms with Crippen molar-refractivity contribution >= 4 is 32.5 Å². The van der Waals surface area contributed by atoms with E-state index in [1.165, 1.54) is 5.39 Å². The van der Waals surface area contributed by atoms with Gasteiger partial charge in [0, 0.05) is 11.8 Å². The van der Waals surface area contributed by atoms with E-state index in [-0.39, 0.29) is 0 Å². The first-order valence-electron chi connectivity index (χ1n) is 5.52. The van der Waals surface area contributed by atoms with E-state index in [2.05, 4.69) is 44.1 Å². The lowest BCUT2D eigenvalue weighted by Crippen LogP contribution is -1.96. The van der Waals surface area contributed by atoms with Crippen LogP contribution in [-0.4, -0.2) is 9.97 Å². The van der Waals surface area contributed by atoms with Crippen molar-refractivity contribution in [2.24, 2.45) is 0 Å². The molecule has 18 heavy (non-hydrogen) atoms. The molecular formula is C14H10BrN3. The first kappa shape index (κ1) is 11.2. The average molecular weight is 300 g/mol. The van der Waals surface area contributed by atoms with Gasteiger partial charge >= 0.3 is 0 Å². The minimum atomic E-state index is 0.452. The van der Waals surface area contributed by atoms with Gasteiger partial charge in [-0.15, -0.1) is 0 Å². The summed E-state index contributed by atoms with van der Waals surface area (Å²) in [6, 6.07) is 14.2. The van der Waals surface area contributed by atoms with Crippen molar-refractivity contribution in [3.8, 4) is 11.4 Å². The number of anilines is 1. The van der Waals surface area contributed by atoms with Crippen LogP contribution in [0.25, 0.3) is 22.2 Å². The molecule has 0 atom stereocenters. The van der Waals surface area contributed by atoms with Crippen molar-refractivity contribution in [2.45, 2.75) is 0 Å². The summed E-state index contributed by atoms with van der Waals surface area (Å²) in [5.41, 5.74) is 6.80. The van der Waals surface area contributed by atoms with E-state index < -0.39 is 0 Å². The molecule has 0 aliphatic carbocycles. The van der Waals surface area contributed by atoms with E-state index in [4.69, 9.17) is 5.73 Å². The third-order valence-electron chi connectivity index (χ3n) is 2.80. The summed E-state index contributed by atoms with van der Waals surface area (Å²) in [7, 11) is 0. The van der Waals surface area contributed by atoms with Crippen LogP contribution in [0.15, 0.2) is 53.1 Å². The zero-order valence-electron chi connectivity index (χ0n) is 9.47. The van der Waals surface area contributed by atoms with Gasteiger partial charge in [-0.2, -0.15) is 0 Å². The van der Waals surface area contributed by atoms with Crippen molar-refractivity contribution in [1.82, 2.24) is 9.97 Å². The smallest absolute Gasteiger partial charge is 0.162 e. The molecule has 0 saturated carbocycles. The molecule has 3 rings (SSSR count). The molecule has 2 aromatic carbocycles. The Hall–Kier alpha value is -1.94. The Kier molecular flexibility index (Phi) is 2.72. The maximum Gasteiger partial charge on any atom is 0.162 e. The van der Waals surface area contributed by atoms with Crippen molar-refractivity contribution in [1.29, 1.82) is 0 Å². The van der Waals surface area contributed by atoms with Crippen LogP contribution in [-0.2, 0) is 0 Å². The fourth-order valence-electron chi connectivity index (χ4n) is 1.93. The van der Waals surface area contributed by atoms with Gasteiger partial charge in [0.25, 0.3) is 0 Å². The van der Waals surface area contributed by atoms with Crippen LogP contribution in [0.1, 0.15) is 0 Å². The van der Waals surface area contributed by atoms with Crippen LogP contribution in [0.2, 0.25) is 0 Å². The lowest BCUT2D eigenvalue weighted by Gasteiger charge is -2.06. The summed E-state index contributed by atoms with van der Waals surface area (Å²) in [5, 5.41) is 2.29. The van der Waals surface area contributed by atoms with Gasteiger partial charge in [-0.25, -0.2) is 9.97 Å². The Morgan fingerprint density at radius 1 is 1.00 bits per heavy atom. The number of hydrogen-bond acceptors (Lipinski definition) is 3. The van der Waals surface area contributed by atoms with Crippen LogP contribution in [0.3, 0.4) is 0 Å². The number of hydrogen-bond donors (Lipinski definition) is 1. The molecule has 0 fully saturated rings. The fourth-order valence-corrected chi connectivity index (χ4v) is 2.12. The van der Waals surface area contributed by atoms with Gasteiger partial charge in [0.2, 0.25) is 0 Å². The van der Waals surface area contributed by atoms with E-state index in [1.54, 1.807) is 6.20 Å². The topological polar surface area (TPSA) is 51.8 Å². The van der Waals surface area contributed by atoms with Crippen molar-refractivity contribution < 1.29 is 0 Å². The highest BCUT2D eigenvalue weighted by Gasteiger charge is 2.07. The molecule has 1 heterocycles.